The Labute approximate surface area is 82.7 Å². The first-order valence-electron chi connectivity index (χ1n) is 4.03. The Morgan fingerprint density at radius 2 is 2.23 bits per heavy atom. The highest BCUT2D eigenvalue weighted by molar-refractivity contribution is 7.92. The Kier molecular flexibility index (Phi) is 3.47. The molecule has 13 heavy (non-hydrogen) atoms. The molecule has 1 heterocycles. The van der Waals surface area contributed by atoms with Crippen LogP contribution >= 0.6 is 11.3 Å². The minimum atomic E-state index is -3.04. The fourth-order valence-corrected chi connectivity index (χ4v) is 3.17. The molecular formula is C8H13NO2S2. The molecule has 0 amide bonds. The van der Waals surface area contributed by atoms with Gasteiger partial charge in [-0.3, -0.25) is 0 Å². The maximum atomic E-state index is 11.3. The van der Waals surface area contributed by atoms with Gasteiger partial charge < -0.3 is 5.32 Å². The first-order valence-corrected chi connectivity index (χ1v) is 6.80. The lowest BCUT2D eigenvalue weighted by molar-refractivity contribution is 0.601. The maximum absolute atomic E-state index is 11.3. The quantitative estimate of drug-likeness (QED) is 0.829. The molecule has 0 aliphatic heterocycles. The molecule has 3 nitrogen and oxygen atoms in total. The molecular weight excluding hydrogens is 206 g/mol. The van der Waals surface area contributed by atoms with Crippen LogP contribution in [0.3, 0.4) is 0 Å². The molecule has 0 bridgehead atoms. The van der Waals surface area contributed by atoms with E-state index in [-0.39, 0.29) is 0 Å². The summed E-state index contributed by atoms with van der Waals surface area (Å²) >= 11 is 1.28. The summed E-state index contributed by atoms with van der Waals surface area (Å²) in [7, 11) is -3.04. The second kappa shape index (κ2) is 4.21. The van der Waals surface area contributed by atoms with Gasteiger partial charge in [0.05, 0.1) is 0 Å². The van der Waals surface area contributed by atoms with Crippen molar-refractivity contribution in [2.75, 3.05) is 12.8 Å². The van der Waals surface area contributed by atoms with E-state index >= 15 is 0 Å². The number of nitrogens with one attached hydrogen (secondary N) is 1. The van der Waals surface area contributed by atoms with Gasteiger partial charge in [-0.05, 0) is 23.6 Å². The second-order valence-electron chi connectivity index (χ2n) is 2.79. The van der Waals surface area contributed by atoms with Crippen molar-refractivity contribution in [2.45, 2.75) is 17.7 Å². The van der Waals surface area contributed by atoms with Crippen molar-refractivity contribution in [3.05, 3.63) is 17.0 Å². The van der Waals surface area contributed by atoms with E-state index in [0.29, 0.717) is 10.8 Å². The van der Waals surface area contributed by atoms with Gasteiger partial charge in [0.15, 0.2) is 9.84 Å². The van der Waals surface area contributed by atoms with Gasteiger partial charge in [0.25, 0.3) is 0 Å². The average Bonchev–Trinajstić information content (AvgIpc) is 2.47. The highest BCUT2D eigenvalue weighted by Gasteiger charge is 2.13. The lowest BCUT2D eigenvalue weighted by Gasteiger charge is -2.01. The van der Waals surface area contributed by atoms with Crippen LogP contribution in [0.5, 0.6) is 0 Å². The molecule has 5 heteroatoms. The van der Waals surface area contributed by atoms with Crippen molar-refractivity contribution in [1.82, 2.24) is 5.32 Å². The molecule has 1 aromatic heterocycles. The van der Waals surface area contributed by atoms with Crippen LogP contribution in [0.1, 0.15) is 12.5 Å². The predicted molar refractivity (Wildman–Crippen MR) is 54.8 cm³/mol. The fourth-order valence-electron chi connectivity index (χ4n) is 1.04. The molecule has 0 radical (unpaired) electrons. The molecule has 0 unspecified atom stereocenters. The highest BCUT2D eigenvalue weighted by atomic mass is 32.2. The topological polar surface area (TPSA) is 46.2 Å². The Morgan fingerprint density at radius 1 is 1.54 bits per heavy atom. The van der Waals surface area contributed by atoms with E-state index in [9.17, 15) is 8.42 Å². The smallest absolute Gasteiger partial charge is 0.185 e. The summed E-state index contributed by atoms with van der Waals surface area (Å²) in [6.07, 6.45) is 1.24. The Bertz CT molecular complexity index is 367. The lowest BCUT2D eigenvalue weighted by Crippen LogP contribution is -2.13. The van der Waals surface area contributed by atoms with Crippen molar-refractivity contribution in [3.63, 3.8) is 0 Å². The zero-order valence-electron chi connectivity index (χ0n) is 7.70. The van der Waals surface area contributed by atoms with E-state index in [2.05, 4.69) is 5.32 Å². The second-order valence-corrected chi connectivity index (χ2v) is 5.91. The number of rotatable bonds is 4. The van der Waals surface area contributed by atoms with Crippen molar-refractivity contribution >= 4 is 21.2 Å². The number of hydrogen-bond acceptors (Lipinski definition) is 4. The van der Waals surface area contributed by atoms with E-state index < -0.39 is 9.84 Å². The lowest BCUT2D eigenvalue weighted by atomic mass is 10.3. The predicted octanol–water partition coefficient (Wildman–Crippen LogP) is 1.26. The van der Waals surface area contributed by atoms with Crippen LogP contribution in [-0.4, -0.2) is 21.2 Å². The Hall–Kier alpha value is -0.390. The van der Waals surface area contributed by atoms with E-state index in [1.807, 2.05) is 18.4 Å². The standard InChI is InChI=1S/C8H13NO2S2/c1-3-9-6-7-4-5-12-8(7)13(2,10)11/h4-5,9H,3,6H2,1-2H3. The summed E-state index contributed by atoms with van der Waals surface area (Å²) < 4.78 is 23.0. The van der Waals surface area contributed by atoms with Crippen molar-refractivity contribution in [1.29, 1.82) is 0 Å². The molecule has 0 aliphatic carbocycles. The van der Waals surface area contributed by atoms with Crippen molar-refractivity contribution in [3.8, 4) is 0 Å². The van der Waals surface area contributed by atoms with Gasteiger partial charge in [-0.1, -0.05) is 6.92 Å². The third kappa shape index (κ3) is 2.79. The molecule has 1 N–H and O–H groups in total. The largest absolute Gasteiger partial charge is 0.313 e. The normalized spacial score (nSPS) is 11.8. The monoisotopic (exact) mass is 219 g/mol. The van der Waals surface area contributed by atoms with Crippen LogP contribution in [0.2, 0.25) is 0 Å². The van der Waals surface area contributed by atoms with E-state index in [0.717, 1.165) is 12.1 Å². The molecule has 0 saturated carbocycles. The third-order valence-electron chi connectivity index (χ3n) is 1.61. The van der Waals surface area contributed by atoms with Gasteiger partial charge in [0.2, 0.25) is 0 Å². The minimum Gasteiger partial charge on any atom is -0.313 e. The first-order chi connectivity index (χ1) is 6.05. The molecule has 74 valence electrons. The maximum Gasteiger partial charge on any atom is 0.185 e. The van der Waals surface area contributed by atoms with Crippen molar-refractivity contribution in [2.24, 2.45) is 0 Å². The van der Waals surface area contributed by atoms with Gasteiger partial charge >= 0.3 is 0 Å². The molecule has 0 fully saturated rings. The minimum absolute atomic E-state index is 0.480. The number of thiophene rings is 1. The van der Waals surface area contributed by atoms with Crippen LogP contribution in [0.4, 0.5) is 0 Å². The number of sulfone groups is 1. The van der Waals surface area contributed by atoms with Crippen LogP contribution in [0, 0.1) is 0 Å². The molecule has 0 spiro atoms. The molecule has 0 atom stereocenters. The van der Waals surface area contributed by atoms with E-state index in [1.54, 1.807) is 0 Å². The van der Waals surface area contributed by atoms with Gasteiger partial charge in [0.1, 0.15) is 4.21 Å². The number of hydrogen-bond donors (Lipinski definition) is 1. The highest BCUT2D eigenvalue weighted by Crippen LogP contribution is 2.22. The average molecular weight is 219 g/mol. The van der Waals surface area contributed by atoms with Crippen molar-refractivity contribution < 1.29 is 8.42 Å². The molecule has 1 aromatic rings. The van der Waals surface area contributed by atoms with Gasteiger partial charge in [-0.25, -0.2) is 8.42 Å². The van der Waals surface area contributed by atoms with Crippen LogP contribution in [0.25, 0.3) is 0 Å². The molecule has 1 rings (SSSR count). The Morgan fingerprint density at radius 3 is 2.77 bits per heavy atom. The molecule has 0 aliphatic rings. The van der Waals surface area contributed by atoms with Gasteiger partial charge in [-0.2, -0.15) is 0 Å². The van der Waals surface area contributed by atoms with E-state index in [4.69, 9.17) is 0 Å². The molecule has 0 saturated heterocycles. The summed E-state index contributed by atoms with van der Waals surface area (Å²) in [5, 5.41) is 4.91. The SMILES string of the molecule is CCNCc1ccsc1S(C)(=O)=O. The van der Waals surface area contributed by atoms with Crippen LogP contribution in [-0.2, 0) is 16.4 Å². The van der Waals surface area contributed by atoms with Crippen LogP contribution in [0.15, 0.2) is 15.7 Å². The van der Waals surface area contributed by atoms with Gasteiger partial charge in [0, 0.05) is 12.8 Å². The van der Waals surface area contributed by atoms with Crippen LogP contribution < -0.4 is 5.32 Å². The third-order valence-corrected chi connectivity index (χ3v) is 4.49. The van der Waals surface area contributed by atoms with Gasteiger partial charge in [-0.15, -0.1) is 11.3 Å². The zero-order valence-corrected chi connectivity index (χ0v) is 9.33. The summed E-state index contributed by atoms with van der Waals surface area (Å²) in [4.78, 5) is 0. The summed E-state index contributed by atoms with van der Waals surface area (Å²) in [6.45, 7) is 3.47. The molecule has 0 aromatic carbocycles. The fraction of sp³-hybridized carbons (Fsp3) is 0.500. The first kappa shape index (κ1) is 10.7. The summed E-state index contributed by atoms with van der Waals surface area (Å²) in [5.74, 6) is 0. The summed E-state index contributed by atoms with van der Waals surface area (Å²) in [6, 6.07) is 1.85. The zero-order chi connectivity index (χ0) is 9.90. The van der Waals surface area contributed by atoms with E-state index in [1.165, 1.54) is 17.6 Å². The Balaban J connectivity index is 2.90. The summed E-state index contributed by atoms with van der Waals surface area (Å²) in [5.41, 5.74) is 0.870.